The van der Waals surface area contributed by atoms with Gasteiger partial charge >= 0.3 is 0 Å². The van der Waals surface area contributed by atoms with Gasteiger partial charge in [-0.3, -0.25) is 0 Å². The van der Waals surface area contributed by atoms with Crippen molar-refractivity contribution in [3.05, 3.63) is 42.5 Å². The molecule has 26 heavy (non-hydrogen) atoms. The van der Waals surface area contributed by atoms with Crippen LogP contribution in [0.5, 0.6) is 0 Å². The highest BCUT2D eigenvalue weighted by atomic mass is 32.2. The van der Waals surface area contributed by atoms with Crippen LogP contribution in [-0.4, -0.2) is 41.7 Å². The van der Waals surface area contributed by atoms with E-state index in [1.807, 2.05) is 12.1 Å². The summed E-state index contributed by atoms with van der Waals surface area (Å²) in [6.45, 7) is 0. The van der Waals surface area contributed by atoms with E-state index < -0.39 is 9.84 Å². The SMILES string of the molecule is CNc1cccc(-c2nc(N)nc(Nc3cccc(S(C)(=O)=O)c3)n2)n1. The molecule has 0 bridgehead atoms. The molecule has 4 N–H and O–H groups in total. The fourth-order valence-corrected chi connectivity index (χ4v) is 2.86. The minimum atomic E-state index is -3.32. The topological polar surface area (TPSA) is 136 Å². The molecule has 0 atom stereocenters. The van der Waals surface area contributed by atoms with Crippen LogP contribution in [0.4, 0.5) is 23.4 Å². The maximum atomic E-state index is 11.7. The zero-order valence-corrected chi connectivity index (χ0v) is 14.9. The molecule has 0 amide bonds. The fourth-order valence-electron chi connectivity index (χ4n) is 2.19. The van der Waals surface area contributed by atoms with Gasteiger partial charge in [0.15, 0.2) is 15.7 Å². The number of hydrogen-bond acceptors (Lipinski definition) is 9. The van der Waals surface area contributed by atoms with Gasteiger partial charge in [0, 0.05) is 19.0 Å². The van der Waals surface area contributed by atoms with Crippen molar-refractivity contribution in [2.24, 2.45) is 0 Å². The van der Waals surface area contributed by atoms with E-state index >= 15 is 0 Å². The first-order chi connectivity index (χ1) is 12.3. The van der Waals surface area contributed by atoms with E-state index in [1.54, 1.807) is 25.2 Å². The first-order valence-corrected chi connectivity index (χ1v) is 9.48. The zero-order valence-electron chi connectivity index (χ0n) is 14.1. The van der Waals surface area contributed by atoms with Crippen molar-refractivity contribution in [3.63, 3.8) is 0 Å². The van der Waals surface area contributed by atoms with Gasteiger partial charge in [-0.25, -0.2) is 13.4 Å². The summed E-state index contributed by atoms with van der Waals surface area (Å²) >= 11 is 0. The van der Waals surface area contributed by atoms with Crippen molar-refractivity contribution in [2.75, 3.05) is 29.7 Å². The lowest BCUT2D eigenvalue weighted by Crippen LogP contribution is -2.06. The van der Waals surface area contributed by atoms with Gasteiger partial charge in [-0.2, -0.15) is 15.0 Å². The molecule has 134 valence electrons. The van der Waals surface area contributed by atoms with Crippen LogP contribution in [0, 0.1) is 0 Å². The Hall–Kier alpha value is -3.27. The third kappa shape index (κ3) is 4.03. The predicted octanol–water partition coefficient (Wildman–Crippen LogP) is 1.70. The molecule has 1 aromatic carbocycles. The summed E-state index contributed by atoms with van der Waals surface area (Å²) in [7, 11) is -1.56. The summed E-state index contributed by atoms with van der Waals surface area (Å²) in [5.41, 5.74) is 6.82. The van der Waals surface area contributed by atoms with Gasteiger partial charge in [-0.15, -0.1) is 0 Å². The molecule has 0 aliphatic rings. The normalized spacial score (nSPS) is 11.2. The number of aromatic nitrogens is 4. The summed E-state index contributed by atoms with van der Waals surface area (Å²) < 4.78 is 23.4. The molecule has 0 saturated heterocycles. The molecule has 0 aliphatic heterocycles. The van der Waals surface area contributed by atoms with Gasteiger partial charge in [-0.1, -0.05) is 12.1 Å². The molecule has 2 heterocycles. The van der Waals surface area contributed by atoms with E-state index in [4.69, 9.17) is 5.73 Å². The smallest absolute Gasteiger partial charge is 0.232 e. The molecule has 0 radical (unpaired) electrons. The van der Waals surface area contributed by atoms with Gasteiger partial charge < -0.3 is 16.4 Å². The van der Waals surface area contributed by atoms with Crippen LogP contribution in [0.3, 0.4) is 0 Å². The summed E-state index contributed by atoms with van der Waals surface area (Å²) in [4.78, 5) is 17.0. The Kier molecular flexibility index (Phi) is 4.67. The Morgan fingerprint density at radius 3 is 2.50 bits per heavy atom. The van der Waals surface area contributed by atoms with Crippen LogP contribution >= 0.6 is 0 Å². The highest BCUT2D eigenvalue weighted by molar-refractivity contribution is 7.90. The van der Waals surface area contributed by atoms with E-state index in [1.165, 1.54) is 12.1 Å². The molecule has 3 aromatic rings. The number of nitrogens with two attached hydrogens (primary N) is 1. The number of pyridine rings is 1. The van der Waals surface area contributed by atoms with E-state index in [9.17, 15) is 8.42 Å². The maximum Gasteiger partial charge on any atom is 0.232 e. The first-order valence-electron chi connectivity index (χ1n) is 7.59. The largest absolute Gasteiger partial charge is 0.373 e. The molecular formula is C16H17N7O2S. The van der Waals surface area contributed by atoms with E-state index in [2.05, 4.69) is 30.6 Å². The highest BCUT2D eigenvalue weighted by Crippen LogP contribution is 2.21. The highest BCUT2D eigenvalue weighted by Gasteiger charge is 2.11. The molecule has 0 unspecified atom stereocenters. The molecule has 10 heteroatoms. The predicted molar refractivity (Wildman–Crippen MR) is 99.9 cm³/mol. The summed E-state index contributed by atoms with van der Waals surface area (Å²) in [5, 5.41) is 5.89. The average molecular weight is 371 g/mol. The Morgan fingerprint density at radius 2 is 1.77 bits per heavy atom. The second-order valence-corrected chi connectivity index (χ2v) is 7.44. The lowest BCUT2D eigenvalue weighted by atomic mass is 10.3. The lowest BCUT2D eigenvalue weighted by Gasteiger charge is -2.09. The Morgan fingerprint density at radius 1 is 1.00 bits per heavy atom. The van der Waals surface area contributed by atoms with Crippen molar-refractivity contribution in [1.29, 1.82) is 0 Å². The molecule has 9 nitrogen and oxygen atoms in total. The number of hydrogen-bond donors (Lipinski definition) is 3. The molecule has 0 fully saturated rings. The number of nitrogens with one attached hydrogen (secondary N) is 2. The van der Waals surface area contributed by atoms with Crippen LogP contribution in [0.25, 0.3) is 11.5 Å². The molecule has 3 rings (SSSR count). The number of benzene rings is 1. The van der Waals surface area contributed by atoms with Crippen molar-refractivity contribution < 1.29 is 8.42 Å². The third-order valence-corrected chi connectivity index (χ3v) is 4.52. The molecule has 0 spiro atoms. The van der Waals surface area contributed by atoms with E-state index in [0.717, 1.165) is 6.26 Å². The molecule has 0 aliphatic carbocycles. The van der Waals surface area contributed by atoms with Gasteiger partial charge in [0.2, 0.25) is 11.9 Å². The molecule has 2 aromatic heterocycles. The number of nitrogens with zero attached hydrogens (tertiary/aromatic N) is 4. The van der Waals surface area contributed by atoms with Gasteiger partial charge in [0.1, 0.15) is 11.5 Å². The van der Waals surface area contributed by atoms with Crippen LogP contribution in [0.2, 0.25) is 0 Å². The third-order valence-electron chi connectivity index (χ3n) is 3.41. The molecular weight excluding hydrogens is 354 g/mol. The van der Waals surface area contributed by atoms with Crippen LogP contribution in [0.15, 0.2) is 47.4 Å². The Balaban J connectivity index is 1.96. The summed E-state index contributed by atoms with van der Waals surface area (Å²) in [5.74, 6) is 1.18. The monoisotopic (exact) mass is 371 g/mol. The van der Waals surface area contributed by atoms with Crippen LogP contribution < -0.4 is 16.4 Å². The Labute approximate surface area is 150 Å². The van der Waals surface area contributed by atoms with Crippen LogP contribution in [0.1, 0.15) is 0 Å². The second kappa shape index (κ2) is 6.92. The summed E-state index contributed by atoms with van der Waals surface area (Å²) in [6.07, 6.45) is 1.14. The zero-order chi connectivity index (χ0) is 18.7. The van der Waals surface area contributed by atoms with Crippen LogP contribution in [-0.2, 0) is 9.84 Å². The van der Waals surface area contributed by atoms with Crippen molar-refractivity contribution >= 4 is 33.2 Å². The maximum absolute atomic E-state index is 11.7. The van der Waals surface area contributed by atoms with Gasteiger partial charge in [0.25, 0.3) is 0 Å². The minimum Gasteiger partial charge on any atom is -0.373 e. The second-order valence-electron chi connectivity index (χ2n) is 5.42. The Bertz CT molecular complexity index is 1050. The molecule has 0 saturated carbocycles. The van der Waals surface area contributed by atoms with Crippen molar-refractivity contribution in [2.45, 2.75) is 4.90 Å². The number of rotatable bonds is 5. The van der Waals surface area contributed by atoms with Crippen molar-refractivity contribution in [1.82, 2.24) is 19.9 Å². The minimum absolute atomic E-state index is 0.0217. The number of nitrogen functional groups attached to an aromatic ring is 1. The summed E-state index contributed by atoms with van der Waals surface area (Å²) in [6, 6.07) is 11.7. The average Bonchev–Trinajstić information content (AvgIpc) is 2.61. The van der Waals surface area contributed by atoms with E-state index in [-0.39, 0.29) is 16.8 Å². The van der Waals surface area contributed by atoms with Crippen molar-refractivity contribution in [3.8, 4) is 11.5 Å². The van der Waals surface area contributed by atoms with Gasteiger partial charge in [0.05, 0.1) is 4.90 Å². The lowest BCUT2D eigenvalue weighted by molar-refractivity contribution is 0.602. The number of sulfone groups is 1. The van der Waals surface area contributed by atoms with E-state index in [0.29, 0.717) is 23.0 Å². The standard InChI is InChI=1S/C16H17N7O2S/c1-18-13-8-4-7-12(20-13)14-21-15(17)23-16(22-14)19-10-5-3-6-11(9-10)26(2,24)25/h3-9H,1-2H3,(H,18,20)(H3,17,19,21,22,23). The fraction of sp³-hybridized carbons (Fsp3) is 0.125. The first kappa shape index (κ1) is 17.5. The van der Waals surface area contributed by atoms with Gasteiger partial charge in [-0.05, 0) is 30.3 Å². The number of anilines is 4. The quantitative estimate of drug-likeness (QED) is 0.612.